The van der Waals surface area contributed by atoms with Crippen LogP contribution in [0.2, 0.25) is 0 Å². The number of fused-ring (bicyclic) bond motifs is 1. The predicted molar refractivity (Wildman–Crippen MR) is 131 cm³/mol. The van der Waals surface area contributed by atoms with Crippen molar-refractivity contribution in [3.63, 3.8) is 0 Å². The van der Waals surface area contributed by atoms with Gasteiger partial charge in [-0.25, -0.2) is 17.8 Å². The number of benzene rings is 3. The molecule has 0 saturated heterocycles. The molecule has 0 amide bonds. The standard InChI is InChI=1S/C25H17FN2O5S2/c1-35(32,33)17-11-12-18-19(13-17)34-25(27-18)28-21(14-7-9-16(26)10-8-14)20(23(30)24(28)31)22(29)15-5-3-2-4-6-15/h2-13,30-31H,1H3. The van der Waals surface area contributed by atoms with Crippen molar-refractivity contribution in [3.05, 3.63) is 89.7 Å². The summed E-state index contributed by atoms with van der Waals surface area (Å²) in [6, 6.07) is 17.9. The van der Waals surface area contributed by atoms with E-state index >= 15 is 0 Å². The summed E-state index contributed by atoms with van der Waals surface area (Å²) >= 11 is 1.07. The van der Waals surface area contributed by atoms with Gasteiger partial charge in [0.05, 0.1) is 26.4 Å². The van der Waals surface area contributed by atoms with Gasteiger partial charge in [0.25, 0.3) is 0 Å². The van der Waals surface area contributed by atoms with E-state index in [1.165, 1.54) is 41.0 Å². The number of carbonyl (C=O) groups is 1. The van der Waals surface area contributed by atoms with Crippen LogP contribution in [-0.4, -0.2) is 40.2 Å². The van der Waals surface area contributed by atoms with Crippen LogP contribution in [0.5, 0.6) is 11.6 Å². The lowest BCUT2D eigenvalue weighted by atomic mass is 9.99. The molecule has 0 unspecified atom stereocenters. The SMILES string of the molecule is CS(=O)(=O)c1ccc2nc(-n3c(O)c(O)c(C(=O)c4ccccc4)c3-c3ccc(F)cc3)sc2c1. The lowest BCUT2D eigenvalue weighted by Crippen LogP contribution is -2.04. The largest absolute Gasteiger partial charge is 0.503 e. The molecule has 3 aromatic carbocycles. The molecule has 7 nitrogen and oxygen atoms in total. The average Bonchev–Trinajstić information content (AvgIpc) is 3.37. The normalized spacial score (nSPS) is 11.7. The fourth-order valence-electron chi connectivity index (χ4n) is 3.78. The summed E-state index contributed by atoms with van der Waals surface area (Å²) in [7, 11) is -3.46. The Morgan fingerprint density at radius 3 is 2.34 bits per heavy atom. The zero-order chi connectivity index (χ0) is 24.9. The van der Waals surface area contributed by atoms with Crippen molar-refractivity contribution in [1.82, 2.24) is 9.55 Å². The van der Waals surface area contributed by atoms with Crippen molar-refractivity contribution in [2.45, 2.75) is 4.90 Å². The first-order chi connectivity index (χ1) is 16.6. The summed E-state index contributed by atoms with van der Waals surface area (Å²) in [5.41, 5.74) is 1.06. The lowest BCUT2D eigenvalue weighted by Gasteiger charge is -2.09. The minimum Gasteiger partial charge on any atom is -0.503 e. The molecule has 0 saturated carbocycles. The molecule has 10 heteroatoms. The highest BCUT2D eigenvalue weighted by Crippen LogP contribution is 2.45. The number of sulfone groups is 1. The second-order valence-electron chi connectivity index (χ2n) is 7.83. The van der Waals surface area contributed by atoms with Gasteiger partial charge < -0.3 is 10.2 Å². The highest BCUT2D eigenvalue weighted by Gasteiger charge is 2.31. The Bertz CT molecular complexity index is 1710. The topological polar surface area (TPSA) is 109 Å². The maximum Gasteiger partial charge on any atom is 0.242 e. The van der Waals surface area contributed by atoms with E-state index < -0.39 is 33.1 Å². The van der Waals surface area contributed by atoms with E-state index in [4.69, 9.17) is 0 Å². The van der Waals surface area contributed by atoms with E-state index in [-0.39, 0.29) is 26.8 Å². The van der Waals surface area contributed by atoms with Gasteiger partial charge in [-0.15, -0.1) is 0 Å². The lowest BCUT2D eigenvalue weighted by molar-refractivity contribution is 0.103. The Balaban J connectivity index is 1.79. The predicted octanol–water partition coefficient (Wildman–Crippen LogP) is 4.94. The molecule has 0 fully saturated rings. The van der Waals surface area contributed by atoms with Crippen molar-refractivity contribution in [3.8, 4) is 28.0 Å². The number of hydrogen-bond donors (Lipinski definition) is 2. The van der Waals surface area contributed by atoms with E-state index in [0.29, 0.717) is 15.8 Å². The number of hydrogen-bond acceptors (Lipinski definition) is 7. The minimum absolute atomic E-state index is 0.110. The molecule has 176 valence electrons. The average molecular weight is 509 g/mol. The molecule has 0 aliphatic heterocycles. The summed E-state index contributed by atoms with van der Waals surface area (Å²) in [6.07, 6.45) is 1.10. The summed E-state index contributed by atoms with van der Waals surface area (Å²) in [4.78, 5) is 18.0. The molecule has 0 bridgehead atoms. The van der Waals surface area contributed by atoms with Gasteiger partial charge in [0, 0.05) is 11.8 Å². The number of carbonyl (C=O) groups excluding carboxylic acids is 1. The third-order valence-electron chi connectivity index (χ3n) is 5.47. The zero-order valence-electron chi connectivity index (χ0n) is 18.1. The third-order valence-corrected chi connectivity index (χ3v) is 7.58. The van der Waals surface area contributed by atoms with Crippen LogP contribution in [0.1, 0.15) is 15.9 Å². The van der Waals surface area contributed by atoms with Crippen LogP contribution in [0.15, 0.2) is 77.7 Å². The van der Waals surface area contributed by atoms with Crippen LogP contribution in [0, 0.1) is 5.82 Å². The summed E-state index contributed by atoms with van der Waals surface area (Å²) < 4.78 is 39.4. The molecule has 0 aliphatic rings. The fraction of sp³-hybridized carbons (Fsp3) is 0.0400. The van der Waals surface area contributed by atoms with Crippen molar-refractivity contribution in [2.24, 2.45) is 0 Å². The van der Waals surface area contributed by atoms with Gasteiger partial charge in [-0.1, -0.05) is 41.7 Å². The molecule has 2 aromatic heterocycles. The van der Waals surface area contributed by atoms with Crippen LogP contribution in [-0.2, 0) is 9.84 Å². The zero-order valence-corrected chi connectivity index (χ0v) is 19.8. The maximum absolute atomic E-state index is 13.7. The number of halogens is 1. The van der Waals surface area contributed by atoms with E-state index in [2.05, 4.69) is 4.98 Å². The quantitative estimate of drug-likeness (QED) is 0.326. The highest BCUT2D eigenvalue weighted by atomic mass is 32.2. The Labute approximate surface area is 203 Å². The van der Waals surface area contributed by atoms with Gasteiger partial charge in [0.15, 0.2) is 26.5 Å². The molecular formula is C25H17FN2O5S2. The van der Waals surface area contributed by atoms with Crippen molar-refractivity contribution in [2.75, 3.05) is 6.26 Å². The number of aromatic nitrogens is 2. The Morgan fingerprint density at radius 2 is 1.69 bits per heavy atom. The molecule has 0 atom stereocenters. The number of thiazole rings is 1. The van der Waals surface area contributed by atoms with Crippen molar-refractivity contribution in [1.29, 1.82) is 0 Å². The van der Waals surface area contributed by atoms with Crippen LogP contribution >= 0.6 is 11.3 Å². The number of ketones is 1. The Kier molecular flexibility index (Phi) is 5.42. The van der Waals surface area contributed by atoms with E-state index in [1.54, 1.807) is 36.4 Å². The molecule has 2 heterocycles. The highest BCUT2D eigenvalue weighted by molar-refractivity contribution is 7.90. The Hall–Kier alpha value is -4.02. The molecule has 0 radical (unpaired) electrons. The number of rotatable bonds is 5. The fourth-order valence-corrected chi connectivity index (χ4v) is 5.52. The second kappa shape index (κ2) is 8.33. The second-order valence-corrected chi connectivity index (χ2v) is 10.9. The molecular weight excluding hydrogens is 491 g/mol. The smallest absolute Gasteiger partial charge is 0.242 e. The molecule has 0 aliphatic carbocycles. The van der Waals surface area contributed by atoms with Crippen molar-refractivity contribution < 1.29 is 27.8 Å². The number of aromatic hydroxyl groups is 2. The maximum atomic E-state index is 13.7. The van der Waals surface area contributed by atoms with Gasteiger partial charge in [-0.05, 0) is 48.0 Å². The van der Waals surface area contributed by atoms with Gasteiger partial charge in [-0.3, -0.25) is 9.36 Å². The monoisotopic (exact) mass is 508 g/mol. The molecule has 5 rings (SSSR count). The van der Waals surface area contributed by atoms with Crippen molar-refractivity contribution >= 4 is 37.2 Å². The van der Waals surface area contributed by atoms with E-state index in [0.717, 1.165) is 17.6 Å². The van der Waals surface area contributed by atoms with Gasteiger partial charge in [-0.2, -0.15) is 0 Å². The summed E-state index contributed by atoms with van der Waals surface area (Å²) in [5, 5.41) is 22.0. The molecule has 35 heavy (non-hydrogen) atoms. The van der Waals surface area contributed by atoms with Crippen LogP contribution < -0.4 is 0 Å². The van der Waals surface area contributed by atoms with Gasteiger partial charge in [0.2, 0.25) is 5.88 Å². The summed E-state index contributed by atoms with van der Waals surface area (Å²) in [5.74, 6) is -2.30. The first-order valence-electron chi connectivity index (χ1n) is 10.3. The Morgan fingerprint density at radius 1 is 1.00 bits per heavy atom. The van der Waals surface area contributed by atoms with Gasteiger partial charge in [0.1, 0.15) is 5.82 Å². The van der Waals surface area contributed by atoms with Crippen LogP contribution in [0.4, 0.5) is 4.39 Å². The summed E-state index contributed by atoms with van der Waals surface area (Å²) in [6.45, 7) is 0. The molecule has 2 N–H and O–H groups in total. The molecule has 0 spiro atoms. The van der Waals surface area contributed by atoms with E-state index in [9.17, 15) is 27.8 Å². The van der Waals surface area contributed by atoms with Crippen LogP contribution in [0.25, 0.3) is 26.6 Å². The van der Waals surface area contributed by atoms with E-state index in [1.807, 2.05) is 0 Å². The molecule has 5 aromatic rings. The first-order valence-corrected chi connectivity index (χ1v) is 13.0. The third kappa shape index (κ3) is 3.96. The van der Waals surface area contributed by atoms with Gasteiger partial charge >= 0.3 is 0 Å². The number of nitrogens with zero attached hydrogens (tertiary/aromatic N) is 2. The first kappa shape index (κ1) is 22.8. The van der Waals surface area contributed by atoms with Crippen LogP contribution in [0.3, 0.4) is 0 Å². The minimum atomic E-state index is -3.46.